The minimum absolute atomic E-state index is 0.249. The van der Waals surface area contributed by atoms with Gasteiger partial charge in [0.25, 0.3) is 5.91 Å². The first kappa shape index (κ1) is 15.6. The van der Waals surface area contributed by atoms with Gasteiger partial charge in [0.2, 0.25) is 0 Å². The second-order valence-corrected chi connectivity index (χ2v) is 5.88. The molecule has 0 saturated carbocycles. The lowest BCUT2D eigenvalue weighted by atomic mass is 10.0. The Kier molecular flexibility index (Phi) is 5.03. The maximum absolute atomic E-state index is 13.7. The monoisotopic (exact) mass is 307 g/mol. The van der Waals surface area contributed by atoms with E-state index in [0.29, 0.717) is 16.9 Å². The minimum Gasteiger partial charge on any atom is -0.327 e. The normalized spacial score (nSPS) is 15.0. The standard InChI is InChI=1S/C15H18FN3OS/c1-10(11(2)17)14(20)18-15-19(7-8-21-15)9-12-5-3-4-6-13(12)16/h3-8,10-11H,9,17H2,1-2H3. The van der Waals surface area contributed by atoms with E-state index >= 15 is 0 Å². The van der Waals surface area contributed by atoms with Crippen molar-refractivity contribution < 1.29 is 9.18 Å². The van der Waals surface area contributed by atoms with Crippen LogP contribution in [0.4, 0.5) is 4.39 Å². The Hall–Kier alpha value is -1.79. The lowest BCUT2D eigenvalue weighted by Crippen LogP contribution is -2.31. The third kappa shape index (κ3) is 3.86. The highest BCUT2D eigenvalue weighted by Gasteiger charge is 2.16. The van der Waals surface area contributed by atoms with Gasteiger partial charge in [0, 0.05) is 23.2 Å². The number of rotatable bonds is 4. The molecule has 21 heavy (non-hydrogen) atoms. The summed E-state index contributed by atoms with van der Waals surface area (Å²) in [6, 6.07) is 6.32. The van der Waals surface area contributed by atoms with Crippen LogP contribution in [0.2, 0.25) is 0 Å². The summed E-state index contributed by atoms with van der Waals surface area (Å²) in [5.74, 6) is -0.860. The molecule has 2 atom stereocenters. The van der Waals surface area contributed by atoms with E-state index in [2.05, 4.69) is 4.99 Å². The van der Waals surface area contributed by atoms with Crippen LogP contribution in [0.5, 0.6) is 0 Å². The van der Waals surface area contributed by atoms with Crippen molar-refractivity contribution >= 4 is 17.2 Å². The number of nitrogens with zero attached hydrogens (tertiary/aromatic N) is 2. The van der Waals surface area contributed by atoms with Crippen LogP contribution in [0.15, 0.2) is 40.8 Å². The van der Waals surface area contributed by atoms with Crippen molar-refractivity contribution in [2.24, 2.45) is 16.6 Å². The van der Waals surface area contributed by atoms with Crippen LogP contribution >= 0.6 is 11.3 Å². The number of carbonyl (C=O) groups excluding carboxylic acids is 1. The van der Waals surface area contributed by atoms with E-state index in [4.69, 9.17) is 5.73 Å². The molecule has 2 unspecified atom stereocenters. The number of aromatic nitrogens is 1. The lowest BCUT2D eigenvalue weighted by Gasteiger charge is -2.10. The molecule has 0 aliphatic carbocycles. The molecular formula is C15H18FN3OS. The number of thiazole rings is 1. The minimum atomic E-state index is -0.339. The van der Waals surface area contributed by atoms with Crippen LogP contribution in [0.1, 0.15) is 19.4 Å². The molecule has 2 rings (SSSR count). The van der Waals surface area contributed by atoms with Gasteiger partial charge in [-0.25, -0.2) is 4.39 Å². The molecule has 1 heterocycles. The summed E-state index contributed by atoms with van der Waals surface area (Å²) < 4.78 is 15.4. The number of benzene rings is 1. The molecule has 0 bridgehead atoms. The summed E-state index contributed by atoms with van der Waals surface area (Å²) in [7, 11) is 0. The maximum Gasteiger partial charge on any atom is 0.252 e. The van der Waals surface area contributed by atoms with E-state index in [1.165, 1.54) is 17.4 Å². The molecule has 1 amide bonds. The summed E-state index contributed by atoms with van der Waals surface area (Å²) in [6.07, 6.45) is 1.79. The molecule has 2 aromatic rings. The molecule has 1 aromatic carbocycles. The molecular weight excluding hydrogens is 289 g/mol. The number of carbonyl (C=O) groups is 1. The molecule has 112 valence electrons. The van der Waals surface area contributed by atoms with Crippen LogP contribution in [0.25, 0.3) is 0 Å². The fourth-order valence-electron chi connectivity index (χ4n) is 1.74. The van der Waals surface area contributed by atoms with Crippen LogP contribution in [-0.2, 0) is 11.3 Å². The van der Waals surface area contributed by atoms with Crippen molar-refractivity contribution in [2.75, 3.05) is 0 Å². The second kappa shape index (κ2) is 6.78. The molecule has 0 saturated heterocycles. The van der Waals surface area contributed by atoms with Gasteiger partial charge in [0.15, 0.2) is 4.80 Å². The van der Waals surface area contributed by atoms with E-state index in [-0.39, 0.29) is 23.7 Å². The highest BCUT2D eigenvalue weighted by atomic mass is 32.1. The summed E-state index contributed by atoms with van der Waals surface area (Å²) in [4.78, 5) is 16.7. The molecule has 0 spiro atoms. The Labute approximate surface area is 126 Å². The van der Waals surface area contributed by atoms with Crippen LogP contribution < -0.4 is 10.5 Å². The van der Waals surface area contributed by atoms with Crippen LogP contribution in [0.3, 0.4) is 0 Å². The molecule has 0 aliphatic rings. The Morgan fingerprint density at radius 2 is 2.14 bits per heavy atom. The van der Waals surface area contributed by atoms with Gasteiger partial charge in [-0.3, -0.25) is 4.79 Å². The molecule has 0 radical (unpaired) electrons. The van der Waals surface area contributed by atoms with E-state index in [9.17, 15) is 9.18 Å². The highest BCUT2D eigenvalue weighted by molar-refractivity contribution is 7.07. The third-order valence-corrected chi connectivity index (χ3v) is 4.14. The van der Waals surface area contributed by atoms with E-state index < -0.39 is 0 Å². The molecule has 0 fully saturated rings. The predicted molar refractivity (Wildman–Crippen MR) is 81.2 cm³/mol. The zero-order valence-electron chi connectivity index (χ0n) is 12.0. The first-order valence-electron chi connectivity index (χ1n) is 6.70. The third-order valence-electron chi connectivity index (χ3n) is 3.34. The zero-order chi connectivity index (χ0) is 15.4. The van der Waals surface area contributed by atoms with Crippen molar-refractivity contribution in [1.29, 1.82) is 0 Å². The SMILES string of the molecule is CC(N)C(C)C(=O)N=c1sccn1Cc1ccccc1F. The van der Waals surface area contributed by atoms with Gasteiger partial charge in [-0.05, 0) is 13.0 Å². The number of nitrogens with two attached hydrogens (primary N) is 1. The van der Waals surface area contributed by atoms with E-state index in [0.717, 1.165) is 0 Å². The number of halogens is 1. The van der Waals surface area contributed by atoms with Crippen LogP contribution in [-0.4, -0.2) is 16.5 Å². The number of hydrogen-bond donors (Lipinski definition) is 1. The molecule has 6 heteroatoms. The fraction of sp³-hybridized carbons (Fsp3) is 0.333. The Morgan fingerprint density at radius 1 is 1.43 bits per heavy atom. The smallest absolute Gasteiger partial charge is 0.252 e. The summed E-state index contributed by atoms with van der Waals surface area (Å²) in [5, 5.41) is 1.82. The van der Waals surface area contributed by atoms with Gasteiger partial charge >= 0.3 is 0 Å². The van der Waals surface area contributed by atoms with Gasteiger partial charge < -0.3 is 10.3 Å². The van der Waals surface area contributed by atoms with Gasteiger partial charge in [0.05, 0.1) is 12.5 Å². The summed E-state index contributed by atoms with van der Waals surface area (Å²) in [5.41, 5.74) is 6.27. The van der Waals surface area contributed by atoms with Crippen molar-refractivity contribution in [3.63, 3.8) is 0 Å². The second-order valence-electron chi connectivity index (χ2n) is 5.00. The topological polar surface area (TPSA) is 60.4 Å². The lowest BCUT2D eigenvalue weighted by molar-refractivity contribution is -0.121. The Balaban J connectivity index is 2.27. The Bertz CT molecular complexity index is 690. The van der Waals surface area contributed by atoms with E-state index in [1.54, 1.807) is 42.8 Å². The summed E-state index contributed by atoms with van der Waals surface area (Å²) >= 11 is 1.34. The highest BCUT2D eigenvalue weighted by Crippen LogP contribution is 2.08. The average molecular weight is 307 g/mol. The van der Waals surface area contributed by atoms with Gasteiger partial charge in [-0.1, -0.05) is 25.1 Å². The Morgan fingerprint density at radius 3 is 2.81 bits per heavy atom. The molecule has 1 aromatic heterocycles. The molecule has 2 N–H and O–H groups in total. The van der Waals surface area contributed by atoms with Gasteiger partial charge in [-0.15, -0.1) is 11.3 Å². The number of amides is 1. The van der Waals surface area contributed by atoms with Crippen molar-refractivity contribution in [3.05, 3.63) is 52.0 Å². The van der Waals surface area contributed by atoms with Crippen molar-refractivity contribution in [2.45, 2.75) is 26.4 Å². The first-order chi connectivity index (χ1) is 9.99. The molecule has 4 nitrogen and oxygen atoms in total. The largest absolute Gasteiger partial charge is 0.327 e. The van der Waals surface area contributed by atoms with E-state index in [1.807, 2.05) is 5.38 Å². The molecule has 0 aliphatic heterocycles. The van der Waals surface area contributed by atoms with Gasteiger partial charge in [0.1, 0.15) is 5.82 Å². The average Bonchev–Trinajstić information content (AvgIpc) is 2.87. The van der Waals surface area contributed by atoms with Crippen LogP contribution in [0, 0.1) is 11.7 Å². The zero-order valence-corrected chi connectivity index (χ0v) is 12.8. The first-order valence-corrected chi connectivity index (χ1v) is 7.58. The predicted octanol–water partition coefficient (Wildman–Crippen LogP) is 2.15. The van der Waals surface area contributed by atoms with Crippen molar-refractivity contribution in [1.82, 2.24) is 4.57 Å². The number of hydrogen-bond acceptors (Lipinski definition) is 3. The summed E-state index contributed by atoms with van der Waals surface area (Å²) in [6.45, 7) is 3.88. The van der Waals surface area contributed by atoms with Crippen molar-refractivity contribution in [3.8, 4) is 0 Å². The van der Waals surface area contributed by atoms with Gasteiger partial charge in [-0.2, -0.15) is 4.99 Å². The quantitative estimate of drug-likeness (QED) is 0.941. The maximum atomic E-state index is 13.7. The fourth-order valence-corrected chi connectivity index (χ4v) is 2.47.